The highest BCUT2D eigenvalue weighted by atomic mass is 16.2. The van der Waals surface area contributed by atoms with Crippen molar-refractivity contribution in [3.63, 3.8) is 0 Å². The van der Waals surface area contributed by atoms with Crippen molar-refractivity contribution in [2.24, 2.45) is 10.7 Å². The van der Waals surface area contributed by atoms with Gasteiger partial charge in [-0.25, -0.2) is 9.80 Å². The van der Waals surface area contributed by atoms with Gasteiger partial charge < -0.3 is 11.1 Å². The van der Waals surface area contributed by atoms with Gasteiger partial charge >= 0.3 is 6.03 Å². The van der Waals surface area contributed by atoms with Gasteiger partial charge in [0.25, 0.3) is 0 Å². The fraction of sp³-hybridized carbons (Fsp3) is 0.778. The summed E-state index contributed by atoms with van der Waals surface area (Å²) in [5.41, 5.74) is 7.49. The number of carbonyl (C=O) groups excluding carboxylic acids is 1. The first-order chi connectivity index (χ1) is 7.29. The van der Waals surface area contributed by atoms with Gasteiger partial charge in [-0.2, -0.15) is 0 Å². The molecule has 0 aromatic carbocycles. The van der Waals surface area contributed by atoms with Crippen molar-refractivity contribution < 1.29 is 4.79 Å². The van der Waals surface area contributed by atoms with E-state index in [1.54, 1.807) is 6.34 Å². The van der Waals surface area contributed by atoms with Gasteiger partial charge in [0.1, 0.15) is 0 Å². The van der Waals surface area contributed by atoms with Crippen LogP contribution in [0.25, 0.3) is 0 Å². The summed E-state index contributed by atoms with van der Waals surface area (Å²) in [4.78, 5) is 14.2. The lowest BCUT2D eigenvalue weighted by molar-refractivity contribution is 0.160. The number of urea groups is 1. The lowest BCUT2D eigenvalue weighted by Crippen LogP contribution is -2.47. The molecule has 0 unspecified atom stereocenters. The van der Waals surface area contributed by atoms with Crippen LogP contribution in [-0.4, -0.2) is 43.6 Å². The van der Waals surface area contributed by atoms with E-state index in [0.29, 0.717) is 0 Å². The fourth-order valence-corrected chi connectivity index (χ4v) is 1.48. The number of hydrogen-bond donors (Lipinski definition) is 3. The second kappa shape index (κ2) is 7.05. The first kappa shape index (κ1) is 11.8. The second-order valence-electron chi connectivity index (χ2n) is 3.51. The predicted octanol–water partition coefficient (Wildman–Crippen LogP) is -0.326. The highest BCUT2D eigenvalue weighted by Gasteiger charge is 2.09. The van der Waals surface area contributed by atoms with Crippen LogP contribution in [0.4, 0.5) is 4.79 Å². The lowest BCUT2D eigenvalue weighted by atomic mass is 10.2. The van der Waals surface area contributed by atoms with E-state index >= 15 is 0 Å². The van der Waals surface area contributed by atoms with Crippen molar-refractivity contribution in [2.75, 3.05) is 26.2 Å². The van der Waals surface area contributed by atoms with Gasteiger partial charge in [0.2, 0.25) is 0 Å². The molecule has 15 heavy (non-hydrogen) atoms. The summed E-state index contributed by atoms with van der Waals surface area (Å²) in [7, 11) is 0. The van der Waals surface area contributed by atoms with Gasteiger partial charge in [0.15, 0.2) is 0 Å². The van der Waals surface area contributed by atoms with Crippen LogP contribution in [0.3, 0.4) is 0 Å². The van der Waals surface area contributed by atoms with E-state index in [-0.39, 0.29) is 0 Å². The fourth-order valence-electron chi connectivity index (χ4n) is 1.48. The first-order valence-corrected chi connectivity index (χ1v) is 5.32. The predicted molar refractivity (Wildman–Crippen MR) is 59.5 cm³/mol. The molecule has 0 aromatic heterocycles. The molecule has 0 atom stereocenters. The number of rotatable bonds is 1. The minimum Gasteiger partial charge on any atom is -0.375 e. The molecule has 6 nitrogen and oxygen atoms in total. The van der Waals surface area contributed by atoms with E-state index in [0.717, 1.165) is 39.0 Å². The largest absolute Gasteiger partial charge is 0.375 e. The van der Waals surface area contributed by atoms with Crippen molar-refractivity contribution in [2.45, 2.75) is 19.3 Å². The molecule has 2 rings (SSSR count). The number of nitrogens with zero attached hydrogens (tertiary/aromatic N) is 2. The molecule has 0 spiro atoms. The molecular weight excluding hydrogens is 194 g/mol. The van der Waals surface area contributed by atoms with Gasteiger partial charge in [-0.3, -0.25) is 10.4 Å². The summed E-state index contributed by atoms with van der Waals surface area (Å²) < 4.78 is 0. The van der Waals surface area contributed by atoms with E-state index in [9.17, 15) is 4.79 Å². The minimum atomic E-state index is -0.457. The number of hydrazine groups is 1. The van der Waals surface area contributed by atoms with Crippen LogP contribution < -0.4 is 16.5 Å². The molecule has 0 aliphatic carbocycles. The van der Waals surface area contributed by atoms with Gasteiger partial charge in [-0.05, 0) is 12.8 Å². The Bertz CT molecular complexity index is 207. The number of piperidine rings is 1. The van der Waals surface area contributed by atoms with E-state index in [4.69, 9.17) is 5.73 Å². The number of carbonyl (C=O) groups is 1. The smallest absolute Gasteiger partial charge is 0.326 e. The lowest BCUT2D eigenvalue weighted by Gasteiger charge is -2.25. The molecular formula is C9H19N5O. The average molecular weight is 213 g/mol. The van der Waals surface area contributed by atoms with Crippen molar-refractivity contribution in [1.29, 1.82) is 0 Å². The van der Waals surface area contributed by atoms with Crippen LogP contribution >= 0.6 is 0 Å². The van der Waals surface area contributed by atoms with Crippen LogP contribution in [-0.2, 0) is 0 Å². The summed E-state index contributed by atoms with van der Waals surface area (Å²) >= 11 is 0. The molecule has 1 fully saturated rings. The van der Waals surface area contributed by atoms with Crippen LogP contribution in [0.1, 0.15) is 19.3 Å². The molecule has 2 amide bonds. The van der Waals surface area contributed by atoms with E-state index in [1.807, 2.05) is 5.01 Å². The number of hydrogen-bond acceptors (Lipinski definition) is 4. The van der Waals surface area contributed by atoms with Crippen LogP contribution in [0.15, 0.2) is 4.99 Å². The molecule has 2 heterocycles. The molecule has 0 saturated carbocycles. The van der Waals surface area contributed by atoms with E-state index < -0.39 is 6.03 Å². The average Bonchev–Trinajstić information content (AvgIpc) is 2.76. The van der Waals surface area contributed by atoms with Gasteiger partial charge in [-0.1, -0.05) is 6.42 Å². The highest BCUT2D eigenvalue weighted by Crippen LogP contribution is 2.05. The molecule has 1 saturated heterocycles. The summed E-state index contributed by atoms with van der Waals surface area (Å²) in [6.45, 7) is 3.85. The van der Waals surface area contributed by atoms with Gasteiger partial charge in [0.05, 0.1) is 12.9 Å². The molecule has 0 aromatic rings. The molecule has 4 N–H and O–H groups in total. The van der Waals surface area contributed by atoms with Crippen LogP contribution in [0.2, 0.25) is 0 Å². The zero-order valence-electron chi connectivity index (χ0n) is 8.91. The topological polar surface area (TPSA) is 82.7 Å². The Balaban J connectivity index is 0.000000187. The zero-order chi connectivity index (χ0) is 10.9. The van der Waals surface area contributed by atoms with E-state index in [2.05, 4.69) is 15.7 Å². The molecule has 0 bridgehead atoms. The van der Waals surface area contributed by atoms with Crippen LogP contribution in [0.5, 0.6) is 0 Å². The van der Waals surface area contributed by atoms with Crippen molar-refractivity contribution >= 4 is 12.4 Å². The molecule has 86 valence electrons. The number of nitrogens with two attached hydrogens (primary N) is 1. The molecule has 2 aliphatic rings. The van der Waals surface area contributed by atoms with Crippen LogP contribution in [0, 0.1) is 0 Å². The monoisotopic (exact) mass is 213 g/mol. The summed E-state index contributed by atoms with van der Waals surface area (Å²) in [5.74, 6) is 0. The normalized spacial score (nSPS) is 20.0. The Morgan fingerprint density at radius 1 is 1.40 bits per heavy atom. The minimum absolute atomic E-state index is 0.457. The summed E-state index contributed by atoms with van der Waals surface area (Å²) in [6.07, 6.45) is 5.30. The maximum Gasteiger partial charge on any atom is 0.326 e. The second-order valence-corrected chi connectivity index (χ2v) is 3.51. The number of aliphatic imine (C=N–C) groups is 1. The zero-order valence-corrected chi connectivity index (χ0v) is 8.91. The molecule has 0 radical (unpaired) electrons. The SMILES string of the molecule is C1=NCCN1.NC(=O)NN1CCCCC1. The molecule has 6 heteroatoms. The van der Waals surface area contributed by atoms with E-state index in [1.165, 1.54) is 6.42 Å². The third-order valence-corrected chi connectivity index (χ3v) is 2.19. The third-order valence-electron chi connectivity index (χ3n) is 2.19. The summed E-state index contributed by atoms with van der Waals surface area (Å²) in [5, 5.41) is 4.80. The van der Waals surface area contributed by atoms with Crippen molar-refractivity contribution in [3.8, 4) is 0 Å². The Labute approximate surface area is 89.9 Å². The van der Waals surface area contributed by atoms with Crippen molar-refractivity contribution in [3.05, 3.63) is 0 Å². The summed E-state index contributed by atoms with van der Waals surface area (Å²) in [6, 6.07) is -0.457. The third kappa shape index (κ3) is 5.90. The Morgan fingerprint density at radius 2 is 2.13 bits per heavy atom. The molecule has 2 aliphatic heterocycles. The Hall–Kier alpha value is -1.30. The van der Waals surface area contributed by atoms with Gasteiger partial charge in [-0.15, -0.1) is 0 Å². The number of primary amides is 1. The Kier molecular flexibility index (Phi) is 5.54. The maximum atomic E-state index is 10.3. The number of nitrogens with one attached hydrogen (secondary N) is 2. The van der Waals surface area contributed by atoms with Crippen molar-refractivity contribution in [1.82, 2.24) is 15.8 Å². The first-order valence-electron chi connectivity index (χ1n) is 5.32. The maximum absolute atomic E-state index is 10.3. The number of amides is 2. The van der Waals surface area contributed by atoms with Gasteiger partial charge in [0, 0.05) is 19.6 Å². The highest BCUT2D eigenvalue weighted by molar-refractivity contribution is 5.70. The standard InChI is InChI=1S/C6H13N3O.C3H6N2/c7-6(10)8-9-4-2-1-3-5-9;1-2-5-3-4-1/h1-5H2,(H3,7,8,10);3H,1-2H2,(H,4,5). The quantitative estimate of drug-likeness (QED) is 0.558. The Morgan fingerprint density at radius 3 is 2.53 bits per heavy atom.